The molecule has 1 aliphatic rings. The Balaban J connectivity index is 1.75. The molecule has 2 atom stereocenters. The van der Waals surface area contributed by atoms with Gasteiger partial charge in [0.05, 0.1) is 17.8 Å². The number of nitrogens with one attached hydrogen (secondary N) is 1. The Labute approximate surface area is 175 Å². The predicted molar refractivity (Wildman–Crippen MR) is 116 cm³/mol. The van der Waals surface area contributed by atoms with E-state index in [1.165, 1.54) is 0 Å². The Hall–Kier alpha value is -2.90. The molecule has 29 heavy (non-hydrogen) atoms. The lowest BCUT2D eigenvalue weighted by Gasteiger charge is -2.29. The number of benzene rings is 1. The van der Waals surface area contributed by atoms with Gasteiger partial charge in [-0.1, -0.05) is 6.07 Å². The molecule has 2 aromatic heterocycles. The van der Waals surface area contributed by atoms with Gasteiger partial charge in [-0.25, -0.2) is 0 Å². The van der Waals surface area contributed by atoms with Crippen LogP contribution in [0.25, 0.3) is 5.69 Å². The van der Waals surface area contributed by atoms with E-state index < -0.39 is 0 Å². The standard InChI is InChI=1S/C22H24N4O2S/c1-28-15-5-14-26-21(20(24-22(26)29)18-6-2-3-12-23-18)19-7-4-13-25(19)16-8-10-17(27)11-9-16/h2-4,6-13,20-21,27H,5,14-15H2,1H3,(H,24,29)/t20-,21-/m1/s1. The van der Waals surface area contributed by atoms with Crippen molar-refractivity contribution in [2.24, 2.45) is 0 Å². The molecule has 1 aliphatic heterocycles. The topological polar surface area (TPSA) is 62.5 Å². The Morgan fingerprint density at radius 1 is 1.14 bits per heavy atom. The minimum Gasteiger partial charge on any atom is -0.508 e. The van der Waals surface area contributed by atoms with Crippen LogP contribution in [0.15, 0.2) is 67.0 Å². The van der Waals surface area contributed by atoms with Gasteiger partial charge in [-0.3, -0.25) is 4.98 Å². The van der Waals surface area contributed by atoms with Gasteiger partial charge in [-0.2, -0.15) is 0 Å². The molecule has 7 heteroatoms. The molecule has 6 nitrogen and oxygen atoms in total. The first-order valence-electron chi connectivity index (χ1n) is 9.62. The van der Waals surface area contributed by atoms with E-state index in [-0.39, 0.29) is 17.8 Å². The fraction of sp³-hybridized carbons (Fsp3) is 0.273. The maximum Gasteiger partial charge on any atom is 0.170 e. The number of ether oxygens (including phenoxy) is 1. The normalized spacial score (nSPS) is 18.8. The quantitative estimate of drug-likeness (QED) is 0.460. The zero-order chi connectivity index (χ0) is 20.2. The van der Waals surface area contributed by atoms with Crippen LogP contribution in [-0.4, -0.2) is 44.9 Å². The fourth-order valence-corrected chi connectivity index (χ4v) is 4.16. The summed E-state index contributed by atoms with van der Waals surface area (Å²) in [4.78, 5) is 6.81. The summed E-state index contributed by atoms with van der Waals surface area (Å²) in [5, 5.41) is 13.9. The van der Waals surface area contributed by atoms with Crippen molar-refractivity contribution < 1.29 is 9.84 Å². The third-order valence-electron chi connectivity index (χ3n) is 5.16. The van der Waals surface area contributed by atoms with E-state index in [0.717, 1.165) is 35.2 Å². The lowest BCUT2D eigenvalue weighted by Crippen LogP contribution is -2.32. The van der Waals surface area contributed by atoms with Gasteiger partial charge in [-0.15, -0.1) is 0 Å². The average molecular weight is 409 g/mol. The summed E-state index contributed by atoms with van der Waals surface area (Å²) in [6.07, 6.45) is 4.72. The van der Waals surface area contributed by atoms with Crippen molar-refractivity contribution in [3.05, 3.63) is 78.4 Å². The van der Waals surface area contributed by atoms with Crippen molar-refractivity contribution >= 4 is 17.3 Å². The van der Waals surface area contributed by atoms with E-state index in [4.69, 9.17) is 17.0 Å². The summed E-state index contributed by atoms with van der Waals surface area (Å²) in [5.41, 5.74) is 3.04. The number of aromatic hydroxyl groups is 1. The highest BCUT2D eigenvalue weighted by Gasteiger charge is 2.40. The molecule has 1 aromatic carbocycles. The highest BCUT2D eigenvalue weighted by Crippen LogP contribution is 2.39. The van der Waals surface area contributed by atoms with Gasteiger partial charge in [-0.05, 0) is 67.2 Å². The first-order chi connectivity index (χ1) is 14.2. The maximum absolute atomic E-state index is 9.66. The molecule has 0 aliphatic carbocycles. The Kier molecular flexibility index (Phi) is 5.78. The van der Waals surface area contributed by atoms with Crippen LogP contribution >= 0.6 is 12.2 Å². The van der Waals surface area contributed by atoms with E-state index in [0.29, 0.717) is 6.61 Å². The van der Waals surface area contributed by atoms with Crippen molar-refractivity contribution in [2.45, 2.75) is 18.5 Å². The summed E-state index contributed by atoms with van der Waals surface area (Å²) in [6.45, 7) is 1.47. The molecule has 2 N–H and O–H groups in total. The van der Waals surface area contributed by atoms with Crippen LogP contribution in [0.5, 0.6) is 5.75 Å². The number of phenolic OH excluding ortho intramolecular Hbond substituents is 1. The second-order valence-corrected chi connectivity index (χ2v) is 7.37. The van der Waals surface area contributed by atoms with Gasteiger partial charge in [0.15, 0.2) is 5.11 Å². The van der Waals surface area contributed by atoms with Gasteiger partial charge >= 0.3 is 0 Å². The summed E-state index contributed by atoms with van der Waals surface area (Å²) < 4.78 is 7.38. The Morgan fingerprint density at radius 3 is 2.69 bits per heavy atom. The molecule has 4 rings (SSSR count). The largest absolute Gasteiger partial charge is 0.508 e. The van der Waals surface area contributed by atoms with Crippen LogP contribution in [0.4, 0.5) is 0 Å². The SMILES string of the molecule is COCCCN1C(=S)N[C@H](c2ccccn2)[C@H]1c1cccn1-c1ccc(O)cc1. The molecule has 0 unspecified atom stereocenters. The van der Waals surface area contributed by atoms with Gasteiger partial charge in [0.25, 0.3) is 0 Å². The third-order valence-corrected chi connectivity index (χ3v) is 5.51. The highest BCUT2D eigenvalue weighted by atomic mass is 32.1. The lowest BCUT2D eigenvalue weighted by atomic mass is 10.0. The van der Waals surface area contributed by atoms with E-state index in [1.54, 1.807) is 19.2 Å². The van der Waals surface area contributed by atoms with Crippen LogP contribution in [0.2, 0.25) is 0 Å². The molecule has 1 saturated heterocycles. The van der Waals surface area contributed by atoms with E-state index in [1.807, 2.05) is 48.8 Å². The molecule has 0 saturated carbocycles. The van der Waals surface area contributed by atoms with Crippen molar-refractivity contribution in [3.63, 3.8) is 0 Å². The van der Waals surface area contributed by atoms with Crippen molar-refractivity contribution in [2.75, 3.05) is 20.3 Å². The molecule has 3 aromatic rings. The van der Waals surface area contributed by atoms with Crippen LogP contribution in [0, 0.1) is 0 Å². The summed E-state index contributed by atoms with van der Waals surface area (Å²) >= 11 is 5.70. The number of thiocarbonyl (C=S) groups is 1. The van der Waals surface area contributed by atoms with Crippen molar-refractivity contribution in [1.29, 1.82) is 0 Å². The Bertz CT molecular complexity index is 958. The molecule has 1 fully saturated rings. The molecule has 3 heterocycles. The highest BCUT2D eigenvalue weighted by molar-refractivity contribution is 7.80. The monoisotopic (exact) mass is 408 g/mol. The number of phenols is 1. The van der Waals surface area contributed by atoms with Gasteiger partial charge in [0, 0.05) is 44.0 Å². The summed E-state index contributed by atoms with van der Waals surface area (Å²) in [6, 6.07) is 17.2. The van der Waals surface area contributed by atoms with E-state index >= 15 is 0 Å². The molecule has 0 spiro atoms. The Morgan fingerprint density at radius 2 is 1.97 bits per heavy atom. The van der Waals surface area contributed by atoms with Gasteiger partial charge in [0.2, 0.25) is 0 Å². The van der Waals surface area contributed by atoms with Gasteiger partial charge < -0.3 is 24.6 Å². The fourth-order valence-electron chi connectivity index (χ4n) is 3.83. The van der Waals surface area contributed by atoms with E-state index in [9.17, 15) is 5.11 Å². The molecule has 0 amide bonds. The number of nitrogens with zero attached hydrogens (tertiary/aromatic N) is 3. The maximum atomic E-state index is 9.66. The number of rotatable bonds is 7. The molecule has 150 valence electrons. The summed E-state index contributed by atoms with van der Waals surface area (Å²) in [7, 11) is 1.71. The second-order valence-electron chi connectivity index (χ2n) is 6.99. The van der Waals surface area contributed by atoms with Crippen molar-refractivity contribution in [3.8, 4) is 11.4 Å². The predicted octanol–water partition coefficient (Wildman–Crippen LogP) is 3.59. The van der Waals surface area contributed by atoms with E-state index in [2.05, 4.69) is 25.8 Å². The number of hydrogen-bond acceptors (Lipinski definition) is 4. The number of pyridine rings is 1. The molecular weight excluding hydrogens is 384 g/mol. The number of aromatic nitrogens is 2. The molecule has 0 radical (unpaired) electrons. The average Bonchev–Trinajstić information content (AvgIpc) is 3.34. The minimum absolute atomic E-state index is 0.0157. The molecular formula is C22H24N4O2S. The van der Waals surface area contributed by atoms with Crippen LogP contribution in [-0.2, 0) is 4.74 Å². The zero-order valence-electron chi connectivity index (χ0n) is 16.2. The second kappa shape index (κ2) is 8.63. The summed E-state index contributed by atoms with van der Waals surface area (Å²) in [5.74, 6) is 0.249. The first-order valence-corrected chi connectivity index (χ1v) is 10.0. The van der Waals surface area contributed by atoms with Crippen molar-refractivity contribution in [1.82, 2.24) is 19.8 Å². The lowest BCUT2D eigenvalue weighted by molar-refractivity contribution is 0.180. The van der Waals surface area contributed by atoms with Crippen LogP contribution in [0.1, 0.15) is 29.9 Å². The third kappa shape index (κ3) is 3.97. The zero-order valence-corrected chi connectivity index (χ0v) is 17.0. The smallest absolute Gasteiger partial charge is 0.170 e. The van der Waals surface area contributed by atoms with Crippen LogP contribution < -0.4 is 5.32 Å². The molecule has 0 bridgehead atoms. The van der Waals surface area contributed by atoms with Gasteiger partial charge in [0.1, 0.15) is 5.75 Å². The van der Waals surface area contributed by atoms with Crippen LogP contribution in [0.3, 0.4) is 0 Å². The first kappa shape index (κ1) is 19.4. The number of methoxy groups -OCH3 is 1. The number of hydrogen-bond donors (Lipinski definition) is 2. The minimum atomic E-state index is -0.0583.